The Kier molecular flexibility index (Phi) is 9.89. The van der Waals surface area contributed by atoms with E-state index in [0.29, 0.717) is 36.7 Å². The largest absolute Gasteiger partial charge is 0.495 e. The van der Waals surface area contributed by atoms with Crippen LogP contribution in [-0.4, -0.2) is 88.2 Å². The van der Waals surface area contributed by atoms with E-state index in [9.17, 15) is 14.7 Å². The molecule has 2 amide bonds. The number of likely N-dealkylation sites (N-methyl/N-ethyl adjacent to an activating group) is 1. The summed E-state index contributed by atoms with van der Waals surface area (Å²) >= 11 is 0. The standard InChI is InChI=1S/C38H50N6O5/c1-24-34(48-3)15-14-31(40-24)26-6-4-25(5-7-26)21-44(35-20-30(16-17-39-35)32-23-49-36(41-32)28-10-11-28)37(45)29-12-8-27(9-13-29)33-22-42(2)18-19-43(33)38(46)47/h14-17,20,23,25-29,33H,4-13,18-19,21-22H2,1-3H3,(H,46,47)/t25-,26-,27-,29-,33?. The molecule has 1 unspecified atom stereocenters. The average Bonchev–Trinajstić information content (AvgIpc) is 3.86. The van der Waals surface area contributed by atoms with Crippen LogP contribution < -0.4 is 9.64 Å². The Morgan fingerprint density at radius 1 is 0.980 bits per heavy atom. The molecule has 3 aliphatic carbocycles. The number of hydrogen-bond donors (Lipinski definition) is 1. The molecule has 3 saturated carbocycles. The molecule has 4 heterocycles. The van der Waals surface area contributed by atoms with E-state index in [1.54, 1.807) is 24.5 Å². The van der Waals surface area contributed by atoms with Gasteiger partial charge >= 0.3 is 6.09 Å². The molecule has 1 aliphatic heterocycles. The maximum absolute atomic E-state index is 14.5. The molecule has 1 atom stereocenters. The van der Waals surface area contributed by atoms with Gasteiger partial charge in [-0.05, 0) is 114 Å². The van der Waals surface area contributed by atoms with Gasteiger partial charge in [-0.25, -0.2) is 14.8 Å². The number of methoxy groups -OCH3 is 1. The highest BCUT2D eigenvalue weighted by Crippen LogP contribution is 2.41. The number of anilines is 1. The van der Waals surface area contributed by atoms with E-state index in [1.807, 2.05) is 30.0 Å². The number of piperazine rings is 1. The van der Waals surface area contributed by atoms with Gasteiger partial charge in [-0.2, -0.15) is 0 Å². The molecule has 4 fully saturated rings. The number of amides is 2. The highest BCUT2D eigenvalue weighted by molar-refractivity contribution is 5.94. The van der Waals surface area contributed by atoms with E-state index in [1.165, 1.54) is 0 Å². The van der Waals surface area contributed by atoms with Crippen molar-refractivity contribution in [3.05, 3.63) is 54.0 Å². The summed E-state index contributed by atoms with van der Waals surface area (Å²) in [5, 5.41) is 9.89. The lowest BCUT2D eigenvalue weighted by Gasteiger charge is -2.44. The van der Waals surface area contributed by atoms with Gasteiger partial charge < -0.3 is 24.1 Å². The highest BCUT2D eigenvalue weighted by atomic mass is 16.5. The monoisotopic (exact) mass is 670 g/mol. The summed E-state index contributed by atoms with van der Waals surface area (Å²) < 4.78 is 11.2. The van der Waals surface area contributed by atoms with Crippen molar-refractivity contribution >= 4 is 17.8 Å². The predicted octanol–water partition coefficient (Wildman–Crippen LogP) is 6.73. The lowest BCUT2D eigenvalue weighted by molar-refractivity contribution is -0.124. The molecule has 11 heteroatoms. The Labute approximate surface area is 289 Å². The normalized spacial score (nSPS) is 26.3. The number of carbonyl (C=O) groups is 2. The van der Waals surface area contributed by atoms with Gasteiger partial charge in [0.15, 0.2) is 5.89 Å². The first-order chi connectivity index (χ1) is 23.8. The van der Waals surface area contributed by atoms with Crippen LogP contribution in [0.2, 0.25) is 0 Å². The summed E-state index contributed by atoms with van der Waals surface area (Å²) in [6.07, 6.45) is 12.2. The van der Waals surface area contributed by atoms with Crippen LogP contribution in [-0.2, 0) is 4.79 Å². The Hall–Kier alpha value is -3.99. The molecule has 0 aromatic carbocycles. The quantitative estimate of drug-likeness (QED) is 0.264. The minimum Gasteiger partial charge on any atom is -0.495 e. The molecule has 1 saturated heterocycles. The van der Waals surface area contributed by atoms with Crippen LogP contribution in [0, 0.1) is 24.7 Å². The van der Waals surface area contributed by atoms with Crippen LogP contribution in [0.25, 0.3) is 11.3 Å². The number of carboxylic acid groups (broad SMARTS) is 1. The predicted molar refractivity (Wildman–Crippen MR) is 186 cm³/mol. The second kappa shape index (κ2) is 14.5. The molecule has 4 aliphatic rings. The number of oxazole rings is 1. The fourth-order valence-corrected chi connectivity index (χ4v) is 8.44. The summed E-state index contributed by atoms with van der Waals surface area (Å²) in [6, 6.07) is 8.03. The molecule has 0 spiro atoms. The number of hydrogen-bond acceptors (Lipinski definition) is 8. The zero-order valence-corrected chi connectivity index (χ0v) is 29.1. The Bertz CT molecular complexity index is 1620. The van der Waals surface area contributed by atoms with E-state index in [0.717, 1.165) is 112 Å². The lowest BCUT2D eigenvalue weighted by Crippen LogP contribution is -2.57. The van der Waals surface area contributed by atoms with Crippen molar-refractivity contribution in [2.24, 2.45) is 17.8 Å². The van der Waals surface area contributed by atoms with Crippen molar-refractivity contribution in [3.8, 4) is 17.0 Å². The van der Waals surface area contributed by atoms with Crippen LogP contribution in [0.1, 0.15) is 93.3 Å². The molecular formula is C38H50N6O5. The molecule has 3 aromatic rings. The zero-order valence-electron chi connectivity index (χ0n) is 29.1. The number of carbonyl (C=O) groups excluding carboxylic acids is 1. The van der Waals surface area contributed by atoms with Gasteiger partial charge in [-0.3, -0.25) is 14.7 Å². The molecule has 0 radical (unpaired) electrons. The fraction of sp³-hybridized carbons (Fsp3) is 0.605. The molecular weight excluding hydrogens is 620 g/mol. The molecule has 11 nitrogen and oxygen atoms in total. The summed E-state index contributed by atoms with van der Waals surface area (Å²) in [5.74, 6) is 3.74. The maximum atomic E-state index is 14.5. The number of aryl methyl sites for hydroxylation is 1. The van der Waals surface area contributed by atoms with Crippen molar-refractivity contribution in [1.82, 2.24) is 24.8 Å². The third-order valence-electron chi connectivity index (χ3n) is 11.5. The average molecular weight is 671 g/mol. The smallest absolute Gasteiger partial charge is 0.407 e. The fourth-order valence-electron chi connectivity index (χ4n) is 8.44. The molecule has 1 N–H and O–H groups in total. The first-order valence-electron chi connectivity index (χ1n) is 18.2. The van der Waals surface area contributed by atoms with E-state index < -0.39 is 6.09 Å². The van der Waals surface area contributed by atoms with Gasteiger partial charge in [-0.15, -0.1) is 0 Å². The summed E-state index contributed by atoms with van der Waals surface area (Å²) in [4.78, 5) is 46.8. The topological polar surface area (TPSA) is 125 Å². The van der Waals surface area contributed by atoms with E-state index in [-0.39, 0.29) is 23.8 Å². The second-order valence-electron chi connectivity index (χ2n) is 14.9. The van der Waals surface area contributed by atoms with Crippen LogP contribution in [0.4, 0.5) is 10.6 Å². The third kappa shape index (κ3) is 7.46. The van der Waals surface area contributed by atoms with Crippen molar-refractivity contribution in [2.75, 3.05) is 45.2 Å². The van der Waals surface area contributed by atoms with Gasteiger partial charge in [0.2, 0.25) is 5.91 Å². The van der Waals surface area contributed by atoms with E-state index >= 15 is 0 Å². The summed E-state index contributed by atoms with van der Waals surface area (Å²) in [6.45, 7) is 4.66. The second-order valence-corrected chi connectivity index (χ2v) is 14.9. The van der Waals surface area contributed by atoms with Gasteiger partial charge in [-0.1, -0.05) is 0 Å². The highest BCUT2D eigenvalue weighted by Gasteiger charge is 2.39. The first kappa shape index (κ1) is 33.5. The van der Waals surface area contributed by atoms with Gasteiger partial charge in [0, 0.05) is 61.4 Å². The van der Waals surface area contributed by atoms with Crippen molar-refractivity contribution in [3.63, 3.8) is 0 Å². The van der Waals surface area contributed by atoms with Crippen molar-refractivity contribution < 1.29 is 23.8 Å². The minimum atomic E-state index is -0.836. The molecule has 7 rings (SSSR count). The lowest BCUT2D eigenvalue weighted by atomic mass is 9.76. The summed E-state index contributed by atoms with van der Waals surface area (Å²) in [5.41, 5.74) is 3.73. The summed E-state index contributed by atoms with van der Waals surface area (Å²) in [7, 11) is 3.74. The molecule has 3 aromatic heterocycles. The van der Waals surface area contributed by atoms with Crippen LogP contribution in [0.15, 0.2) is 41.1 Å². The zero-order chi connectivity index (χ0) is 34.1. The van der Waals surface area contributed by atoms with E-state index in [4.69, 9.17) is 24.1 Å². The third-order valence-corrected chi connectivity index (χ3v) is 11.5. The number of aromatic nitrogens is 3. The molecule has 49 heavy (non-hydrogen) atoms. The Balaban J connectivity index is 1.07. The number of rotatable bonds is 9. The molecule has 262 valence electrons. The number of ether oxygens (including phenoxy) is 1. The van der Waals surface area contributed by atoms with Crippen molar-refractivity contribution in [2.45, 2.75) is 89.0 Å². The Morgan fingerprint density at radius 2 is 1.73 bits per heavy atom. The van der Waals surface area contributed by atoms with Gasteiger partial charge in [0.05, 0.1) is 18.8 Å². The SMILES string of the molecule is COc1ccc([C@H]2CC[C@H](CN(c3cc(-c4coc(C5CC5)n4)ccn3)C(=O)[C@H]3CC[C@H](C4CN(C)CCN4C(=O)O)CC3)CC2)nc1C. The minimum absolute atomic E-state index is 0.0242. The number of pyridine rings is 2. The van der Waals surface area contributed by atoms with E-state index in [2.05, 4.69) is 18.0 Å². The van der Waals surface area contributed by atoms with Gasteiger partial charge in [0.1, 0.15) is 23.5 Å². The van der Waals surface area contributed by atoms with Crippen LogP contribution in [0.3, 0.4) is 0 Å². The Morgan fingerprint density at radius 3 is 2.43 bits per heavy atom. The van der Waals surface area contributed by atoms with Crippen LogP contribution >= 0.6 is 0 Å². The number of nitrogens with zero attached hydrogens (tertiary/aromatic N) is 6. The molecule has 0 bridgehead atoms. The van der Waals surface area contributed by atoms with Crippen LogP contribution in [0.5, 0.6) is 5.75 Å². The van der Waals surface area contributed by atoms with Gasteiger partial charge in [0.25, 0.3) is 0 Å². The van der Waals surface area contributed by atoms with Crippen molar-refractivity contribution in [1.29, 1.82) is 0 Å². The first-order valence-corrected chi connectivity index (χ1v) is 18.2. The maximum Gasteiger partial charge on any atom is 0.407 e.